The van der Waals surface area contributed by atoms with Crippen molar-refractivity contribution in [3.05, 3.63) is 105 Å². The smallest absolute Gasteiger partial charge is 0.291 e. The summed E-state index contributed by atoms with van der Waals surface area (Å²) < 4.78 is 71.4. The zero-order valence-electron chi connectivity index (χ0n) is 24.1. The Morgan fingerprint density at radius 1 is 0.956 bits per heavy atom. The molecule has 238 valence electrons. The van der Waals surface area contributed by atoms with Crippen LogP contribution in [0.4, 0.5) is 18.0 Å². The number of urea groups is 1. The highest BCUT2D eigenvalue weighted by Crippen LogP contribution is 2.38. The average Bonchev–Trinajstić information content (AvgIpc) is 3.65. The van der Waals surface area contributed by atoms with Crippen LogP contribution in [0.2, 0.25) is 10.0 Å². The Bertz CT molecular complexity index is 1870. The van der Waals surface area contributed by atoms with Crippen LogP contribution in [0.25, 0.3) is 5.69 Å². The zero-order valence-corrected chi connectivity index (χ0v) is 27.2. The summed E-state index contributed by atoms with van der Waals surface area (Å²) in [6.45, 7) is 4.92. The van der Waals surface area contributed by atoms with E-state index in [-0.39, 0.29) is 20.7 Å². The van der Waals surface area contributed by atoms with Gasteiger partial charge in [-0.15, -0.1) is 0 Å². The van der Waals surface area contributed by atoms with Crippen LogP contribution in [0.1, 0.15) is 43.5 Å². The minimum Gasteiger partial charge on any atom is -0.291 e. The number of hydrogen-bond donors (Lipinski definition) is 2. The van der Waals surface area contributed by atoms with E-state index in [4.69, 9.17) is 23.2 Å². The minimum atomic E-state index is -4.19. The van der Waals surface area contributed by atoms with Crippen molar-refractivity contribution in [2.24, 2.45) is 0 Å². The fourth-order valence-corrected chi connectivity index (χ4v) is 7.41. The van der Waals surface area contributed by atoms with Crippen LogP contribution in [0.3, 0.4) is 0 Å². The Morgan fingerprint density at radius 2 is 1.67 bits per heavy atom. The molecule has 15 heteroatoms. The minimum absolute atomic E-state index is 0.115. The van der Waals surface area contributed by atoms with Gasteiger partial charge in [0.1, 0.15) is 5.82 Å². The van der Waals surface area contributed by atoms with Gasteiger partial charge in [-0.3, -0.25) is 9.99 Å². The normalized spacial score (nSPS) is 14.1. The van der Waals surface area contributed by atoms with Crippen LogP contribution in [-0.2, 0) is 21.2 Å². The average molecular weight is 699 g/mol. The van der Waals surface area contributed by atoms with E-state index in [1.807, 2.05) is 18.6 Å². The molecule has 4 aromatic rings. The number of thioether (sulfide) groups is 1. The number of amides is 2. The number of nitrogens with one attached hydrogen (secondary N) is 2. The van der Waals surface area contributed by atoms with Crippen molar-refractivity contribution in [2.45, 2.75) is 47.9 Å². The van der Waals surface area contributed by atoms with E-state index in [0.29, 0.717) is 40.8 Å². The third kappa shape index (κ3) is 7.28. The number of sulfonamides is 1. The van der Waals surface area contributed by atoms with E-state index < -0.39 is 38.9 Å². The molecular weight excluding hydrogens is 670 g/mol. The van der Waals surface area contributed by atoms with Gasteiger partial charge in [-0.05, 0) is 66.4 Å². The summed E-state index contributed by atoms with van der Waals surface area (Å²) in [5, 5.41) is 2.13. The Kier molecular flexibility index (Phi) is 9.76. The maximum absolute atomic E-state index is 14.2. The number of benzene rings is 3. The van der Waals surface area contributed by atoms with Gasteiger partial charge in [-0.1, -0.05) is 60.9 Å². The van der Waals surface area contributed by atoms with Crippen molar-refractivity contribution in [1.29, 1.82) is 0 Å². The highest BCUT2D eigenvalue weighted by Gasteiger charge is 2.31. The van der Waals surface area contributed by atoms with Crippen LogP contribution in [0, 0.1) is 17.5 Å². The number of hydrazine groups is 1. The molecule has 5 rings (SSSR count). The number of imidazole rings is 1. The lowest BCUT2D eigenvalue weighted by Crippen LogP contribution is -2.47. The molecule has 1 fully saturated rings. The van der Waals surface area contributed by atoms with Crippen molar-refractivity contribution in [1.82, 2.24) is 24.7 Å². The third-order valence-electron chi connectivity index (χ3n) is 7.46. The van der Waals surface area contributed by atoms with Crippen molar-refractivity contribution in [3.8, 4) is 5.69 Å². The van der Waals surface area contributed by atoms with Crippen LogP contribution in [-0.4, -0.2) is 42.1 Å². The highest BCUT2D eigenvalue weighted by molar-refractivity contribution is 7.98. The molecule has 3 aromatic carbocycles. The van der Waals surface area contributed by atoms with Crippen molar-refractivity contribution in [2.75, 3.05) is 13.1 Å². The Hall–Kier alpha value is -3.23. The molecule has 1 aliphatic rings. The van der Waals surface area contributed by atoms with Crippen LogP contribution in [0.5, 0.6) is 0 Å². The van der Waals surface area contributed by atoms with E-state index in [1.165, 1.54) is 54.2 Å². The van der Waals surface area contributed by atoms with Crippen LogP contribution in [0.15, 0.2) is 70.8 Å². The van der Waals surface area contributed by atoms with Crippen molar-refractivity contribution < 1.29 is 26.4 Å². The molecule has 0 spiro atoms. The predicted octanol–water partition coefficient (Wildman–Crippen LogP) is 7.21. The van der Waals surface area contributed by atoms with E-state index >= 15 is 0 Å². The summed E-state index contributed by atoms with van der Waals surface area (Å²) in [5.74, 6) is -2.32. The van der Waals surface area contributed by atoms with Gasteiger partial charge in [0.15, 0.2) is 16.8 Å². The standard InChI is InChI=1S/C30H28Cl2F3N5O3S2/c1-30(2,19-6-9-25(34)26(35)13-19)27-16-36-29(40(27)20-7-10-24(33)23(32)14-20)44-17-18-5-8-21(15-22(18)31)45(42,43)38-28(41)37-39-11-3-4-12-39/h5-10,13-16H,3-4,11-12,17H2,1-2H3,(H2,37,38,41). The summed E-state index contributed by atoms with van der Waals surface area (Å²) in [6, 6.07) is 11.1. The van der Waals surface area contributed by atoms with Gasteiger partial charge in [0.25, 0.3) is 10.0 Å². The number of rotatable bonds is 9. The second kappa shape index (κ2) is 13.2. The number of carbonyl (C=O) groups excluding carboxylic acids is 1. The molecule has 1 aliphatic heterocycles. The summed E-state index contributed by atoms with van der Waals surface area (Å²) in [4.78, 5) is 16.6. The van der Waals surface area contributed by atoms with Crippen LogP contribution < -0.4 is 10.1 Å². The second-order valence-corrected chi connectivity index (χ2v) is 14.3. The summed E-state index contributed by atoms with van der Waals surface area (Å²) in [7, 11) is -4.19. The lowest BCUT2D eigenvalue weighted by atomic mass is 9.81. The molecule has 0 bridgehead atoms. The van der Waals surface area contributed by atoms with E-state index in [1.54, 1.807) is 15.8 Å². The third-order valence-corrected chi connectivity index (χ3v) is 10.4. The van der Waals surface area contributed by atoms with E-state index in [0.717, 1.165) is 25.0 Å². The Labute approximate surface area is 272 Å². The van der Waals surface area contributed by atoms with E-state index in [9.17, 15) is 26.4 Å². The Balaban J connectivity index is 1.41. The molecule has 0 aliphatic carbocycles. The van der Waals surface area contributed by atoms with Gasteiger partial charge in [0, 0.05) is 35.0 Å². The van der Waals surface area contributed by atoms with E-state index in [2.05, 4.69) is 10.4 Å². The van der Waals surface area contributed by atoms with Gasteiger partial charge >= 0.3 is 6.03 Å². The van der Waals surface area contributed by atoms with Crippen molar-refractivity contribution >= 4 is 51.0 Å². The monoisotopic (exact) mass is 697 g/mol. The number of nitrogens with zero attached hydrogens (tertiary/aromatic N) is 3. The van der Waals surface area contributed by atoms with Crippen LogP contribution >= 0.6 is 35.0 Å². The molecule has 45 heavy (non-hydrogen) atoms. The molecule has 2 heterocycles. The molecular formula is C30H28Cl2F3N5O3S2. The first-order valence-electron chi connectivity index (χ1n) is 13.7. The fourth-order valence-electron chi connectivity index (χ4n) is 4.91. The first-order valence-corrected chi connectivity index (χ1v) is 17.0. The topological polar surface area (TPSA) is 96.3 Å². The molecule has 1 aromatic heterocycles. The first kappa shape index (κ1) is 33.1. The first-order chi connectivity index (χ1) is 21.3. The zero-order chi connectivity index (χ0) is 32.5. The molecule has 1 saturated heterocycles. The summed E-state index contributed by atoms with van der Waals surface area (Å²) >= 11 is 13.9. The molecule has 0 radical (unpaired) electrons. The largest absolute Gasteiger partial charge is 0.343 e. The van der Waals surface area contributed by atoms with Gasteiger partial charge in [0.2, 0.25) is 0 Å². The number of halogens is 5. The van der Waals surface area contributed by atoms with Gasteiger partial charge in [0.05, 0.1) is 21.8 Å². The molecule has 2 amide bonds. The number of aromatic nitrogens is 2. The SMILES string of the molecule is CC(C)(c1ccc(F)c(F)c1)c1cnc(SCc2ccc(S(=O)(=O)NC(=O)NN3CCCC3)cc2Cl)n1-c1ccc(F)c(Cl)c1. The fraction of sp³-hybridized carbons (Fsp3) is 0.267. The maximum atomic E-state index is 14.2. The van der Waals surface area contributed by atoms with Gasteiger partial charge < -0.3 is 0 Å². The molecule has 0 atom stereocenters. The summed E-state index contributed by atoms with van der Waals surface area (Å²) in [5.41, 5.74) is 3.76. The van der Waals surface area contributed by atoms with Crippen molar-refractivity contribution in [3.63, 3.8) is 0 Å². The van der Waals surface area contributed by atoms with Gasteiger partial charge in [-0.2, -0.15) is 0 Å². The second-order valence-electron chi connectivity index (χ2n) is 10.9. The summed E-state index contributed by atoms with van der Waals surface area (Å²) in [6.07, 6.45) is 3.41. The maximum Gasteiger partial charge on any atom is 0.343 e. The molecule has 0 unspecified atom stereocenters. The highest BCUT2D eigenvalue weighted by atomic mass is 35.5. The lowest BCUT2D eigenvalue weighted by Gasteiger charge is -2.27. The van der Waals surface area contributed by atoms with Gasteiger partial charge in [-0.25, -0.2) is 41.1 Å². The number of hydrogen-bond acceptors (Lipinski definition) is 6. The Morgan fingerprint density at radius 3 is 2.33 bits per heavy atom. The molecule has 2 N–H and O–H groups in total. The molecule has 0 saturated carbocycles. The lowest BCUT2D eigenvalue weighted by molar-refractivity contribution is 0.202. The predicted molar refractivity (Wildman–Crippen MR) is 168 cm³/mol. The quantitative estimate of drug-likeness (QED) is 0.180. The molecule has 8 nitrogen and oxygen atoms in total. The number of carbonyl (C=O) groups is 1.